The molecule has 0 spiro atoms. The van der Waals surface area contributed by atoms with Crippen molar-refractivity contribution in [3.63, 3.8) is 0 Å². The SMILES string of the molecule is CC(C)(C)OC(=O)NC/C=C/CNCc1occc1Br. The number of ether oxygens (including phenoxy) is 1. The molecule has 0 aliphatic rings. The van der Waals surface area contributed by atoms with Gasteiger partial charge in [0.2, 0.25) is 0 Å². The second-order valence-corrected chi connectivity index (χ2v) is 6.03. The van der Waals surface area contributed by atoms with Gasteiger partial charge in [-0.15, -0.1) is 0 Å². The molecule has 1 rings (SSSR count). The lowest BCUT2D eigenvalue weighted by atomic mass is 10.2. The van der Waals surface area contributed by atoms with Crippen LogP contribution in [0.3, 0.4) is 0 Å². The van der Waals surface area contributed by atoms with E-state index >= 15 is 0 Å². The number of hydrogen-bond donors (Lipinski definition) is 2. The van der Waals surface area contributed by atoms with Gasteiger partial charge in [0.15, 0.2) is 0 Å². The van der Waals surface area contributed by atoms with E-state index in [9.17, 15) is 4.79 Å². The van der Waals surface area contributed by atoms with Crippen LogP contribution in [0.2, 0.25) is 0 Å². The highest BCUT2D eigenvalue weighted by Gasteiger charge is 2.14. The van der Waals surface area contributed by atoms with E-state index in [0.29, 0.717) is 19.6 Å². The maximum absolute atomic E-state index is 11.3. The van der Waals surface area contributed by atoms with Crippen molar-refractivity contribution >= 4 is 22.0 Å². The Bertz CT molecular complexity index is 450. The molecule has 0 atom stereocenters. The van der Waals surface area contributed by atoms with Crippen LogP contribution in [-0.4, -0.2) is 24.8 Å². The molecule has 0 unspecified atom stereocenters. The normalized spacial score (nSPS) is 11.8. The van der Waals surface area contributed by atoms with Crippen molar-refractivity contribution in [2.24, 2.45) is 0 Å². The van der Waals surface area contributed by atoms with Crippen molar-refractivity contribution in [1.82, 2.24) is 10.6 Å². The number of halogens is 1. The van der Waals surface area contributed by atoms with Crippen molar-refractivity contribution < 1.29 is 13.9 Å². The zero-order valence-corrected chi connectivity index (χ0v) is 13.6. The van der Waals surface area contributed by atoms with E-state index < -0.39 is 11.7 Å². The summed E-state index contributed by atoms with van der Waals surface area (Å²) in [5, 5.41) is 5.85. The first-order valence-electron chi connectivity index (χ1n) is 6.43. The van der Waals surface area contributed by atoms with Gasteiger partial charge in [-0.25, -0.2) is 4.79 Å². The molecule has 1 aromatic heterocycles. The number of furan rings is 1. The van der Waals surface area contributed by atoms with Gasteiger partial charge >= 0.3 is 6.09 Å². The highest BCUT2D eigenvalue weighted by atomic mass is 79.9. The lowest BCUT2D eigenvalue weighted by molar-refractivity contribution is 0.0534. The summed E-state index contributed by atoms with van der Waals surface area (Å²) in [5.41, 5.74) is -0.466. The van der Waals surface area contributed by atoms with E-state index in [0.717, 1.165) is 10.2 Å². The molecular formula is C14H21BrN2O3. The van der Waals surface area contributed by atoms with E-state index in [1.54, 1.807) is 6.26 Å². The van der Waals surface area contributed by atoms with E-state index in [1.807, 2.05) is 39.0 Å². The van der Waals surface area contributed by atoms with Crippen molar-refractivity contribution in [2.45, 2.75) is 32.9 Å². The van der Waals surface area contributed by atoms with Crippen molar-refractivity contribution in [3.05, 3.63) is 34.7 Å². The molecule has 0 saturated heterocycles. The molecule has 0 aliphatic carbocycles. The molecule has 6 heteroatoms. The molecule has 2 N–H and O–H groups in total. The summed E-state index contributed by atoms with van der Waals surface area (Å²) in [7, 11) is 0. The Balaban J connectivity index is 2.08. The Morgan fingerprint density at radius 3 is 2.70 bits per heavy atom. The summed E-state index contributed by atoms with van der Waals surface area (Å²) in [6.07, 6.45) is 5.04. The molecule has 1 aromatic rings. The lowest BCUT2D eigenvalue weighted by Gasteiger charge is -2.19. The van der Waals surface area contributed by atoms with Crippen LogP contribution in [0.25, 0.3) is 0 Å². The molecule has 0 bridgehead atoms. The monoisotopic (exact) mass is 344 g/mol. The van der Waals surface area contributed by atoms with E-state index in [1.165, 1.54) is 0 Å². The van der Waals surface area contributed by atoms with Gasteiger partial charge in [0.05, 0.1) is 17.3 Å². The van der Waals surface area contributed by atoms with E-state index in [4.69, 9.17) is 9.15 Å². The largest absolute Gasteiger partial charge is 0.467 e. The topological polar surface area (TPSA) is 63.5 Å². The van der Waals surface area contributed by atoms with Gasteiger partial charge in [0, 0.05) is 13.1 Å². The molecule has 1 heterocycles. The van der Waals surface area contributed by atoms with Gasteiger partial charge in [0.25, 0.3) is 0 Å². The smallest absolute Gasteiger partial charge is 0.407 e. The van der Waals surface area contributed by atoms with Gasteiger partial charge in [-0.1, -0.05) is 12.2 Å². The molecule has 0 aliphatic heterocycles. The predicted octanol–water partition coefficient (Wildman–Crippen LogP) is 3.21. The zero-order valence-electron chi connectivity index (χ0n) is 12.0. The van der Waals surface area contributed by atoms with Crippen LogP contribution in [0.1, 0.15) is 26.5 Å². The summed E-state index contributed by atoms with van der Waals surface area (Å²) >= 11 is 3.39. The molecular weight excluding hydrogens is 324 g/mol. The van der Waals surface area contributed by atoms with Crippen LogP contribution in [0, 0.1) is 0 Å². The molecule has 112 valence electrons. The van der Waals surface area contributed by atoms with Crippen LogP contribution >= 0.6 is 15.9 Å². The zero-order chi connectivity index (χ0) is 15.0. The number of hydrogen-bond acceptors (Lipinski definition) is 4. The summed E-state index contributed by atoms with van der Waals surface area (Å²) in [4.78, 5) is 11.3. The van der Waals surface area contributed by atoms with Crippen LogP contribution in [0.15, 0.2) is 33.4 Å². The minimum atomic E-state index is -0.466. The third-order valence-electron chi connectivity index (χ3n) is 2.17. The molecule has 5 nitrogen and oxygen atoms in total. The number of nitrogens with one attached hydrogen (secondary N) is 2. The van der Waals surface area contributed by atoms with Gasteiger partial charge in [0.1, 0.15) is 11.4 Å². The first kappa shape index (κ1) is 16.8. The maximum atomic E-state index is 11.3. The van der Waals surface area contributed by atoms with Crippen molar-refractivity contribution in [2.75, 3.05) is 13.1 Å². The Kier molecular flexibility index (Phi) is 6.81. The number of rotatable bonds is 6. The Morgan fingerprint density at radius 1 is 1.40 bits per heavy atom. The van der Waals surface area contributed by atoms with Crippen molar-refractivity contribution in [1.29, 1.82) is 0 Å². The van der Waals surface area contributed by atoms with Gasteiger partial charge in [-0.05, 0) is 42.8 Å². The summed E-state index contributed by atoms with van der Waals surface area (Å²) in [6.45, 7) is 7.29. The number of amides is 1. The van der Waals surface area contributed by atoms with Gasteiger partial charge in [-0.2, -0.15) is 0 Å². The Morgan fingerprint density at radius 2 is 2.10 bits per heavy atom. The molecule has 0 radical (unpaired) electrons. The lowest BCUT2D eigenvalue weighted by Crippen LogP contribution is -2.32. The fraction of sp³-hybridized carbons (Fsp3) is 0.500. The molecule has 0 saturated carbocycles. The molecule has 0 fully saturated rings. The minimum Gasteiger partial charge on any atom is -0.467 e. The van der Waals surface area contributed by atoms with Crippen LogP contribution in [0.5, 0.6) is 0 Å². The van der Waals surface area contributed by atoms with Crippen molar-refractivity contribution in [3.8, 4) is 0 Å². The summed E-state index contributed by atoms with van der Waals surface area (Å²) in [6, 6.07) is 1.86. The third-order valence-corrected chi connectivity index (χ3v) is 2.88. The molecule has 0 aromatic carbocycles. The number of alkyl carbamates (subject to hydrolysis) is 1. The first-order chi connectivity index (χ1) is 9.38. The van der Waals surface area contributed by atoms with Crippen LogP contribution < -0.4 is 10.6 Å². The van der Waals surface area contributed by atoms with Crippen LogP contribution in [-0.2, 0) is 11.3 Å². The van der Waals surface area contributed by atoms with Gasteiger partial charge in [-0.3, -0.25) is 0 Å². The standard InChI is InChI=1S/C14H21BrN2O3/c1-14(2,3)20-13(18)17-8-5-4-7-16-10-12-11(15)6-9-19-12/h4-6,9,16H,7-8,10H2,1-3H3,(H,17,18)/b5-4+. The van der Waals surface area contributed by atoms with E-state index in [-0.39, 0.29) is 0 Å². The van der Waals surface area contributed by atoms with Gasteiger partial charge < -0.3 is 19.8 Å². The average molecular weight is 345 g/mol. The quantitative estimate of drug-likeness (QED) is 0.614. The van der Waals surface area contributed by atoms with E-state index in [2.05, 4.69) is 26.6 Å². The first-order valence-corrected chi connectivity index (χ1v) is 7.22. The summed E-state index contributed by atoms with van der Waals surface area (Å²) in [5.74, 6) is 0.866. The highest BCUT2D eigenvalue weighted by molar-refractivity contribution is 9.10. The Labute approximate surface area is 127 Å². The fourth-order valence-corrected chi connectivity index (χ4v) is 1.68. The predicted molar refractivity (Wildman–Crippen MR) is 81.5 cm³/mol. The minimum absolute atomic E-state index is 0.408. The average Bonchev–Trinajstić information content (AvgIpc) is 2.71. The van der Waals surface area contributed by atoms with Crippen LogP contribution in [0.4, 0.5) is 4.79 Å². The fourth-order valence-electron chi connectivity index (χ4n) is 1.34. The maximum Gasteiger partial charge on any atom is 0.407 e. The highest BCUT2D eigenvalue weighted by Crippen LogP contribution is 2.16. The molecule has 1 amide bonds. The molecule has 20 heavy (non-hydrogen) atoms. The second-order valence-electron chi connectivity index (χ2n) is 5.18. The second kappa shape index (κ2) is 8.11. The Hall–Kier alpha value is -1.27. The number of carbonyl (C=O) groups is 1. The number of carbonyl (C=O) groups excluding carboxylic acids is 1. The summed E-state index contributed by atoms with van der Waals surface area (Å²) < 4.78 is 11.3. The third kappa shape index (κ3) is 7.35.